The van der Waals surface area contributed by atoms with E-state index >= 15 is 0 Å². The van der Waals surface area contributed by atoms with Crippen molar-refractivity contribution in [2.75, 3.05) is 18.7 Å². The monoisotopic (exact) mass is 367 g/mol. The number of rotatable bonds is 6. The lowest BCUT2D eigenvalue weighted by molar-refractivity contribution is -0.118. The number of anilines is 1. The number of hydrogen-bond acceptors (Lipinski definition) is 7. The SMILES string of the molecule is Cc1ccc(OCC(=O)Nc2nnc(Cc3ccc4c(c3)OCO4)o2)cc1. The highest BCUT2D eigenvalue weighted by Gasteiger charge is 2.15. The standard InChI is InChI=1S/C19H17N3O5/c1-12-2-5-14(6-3-12)24-10-17(23)20-19-22-21-18(27-19)9-13-4-7-15-16(8-13)26-11-25-15/h2-8H,9-11H2,1H3,(H,20,22,23). The molecule has 27 heavy (non-hydrogen) atoms. The molecular formula is C19H17N3O5. The lowest BCUT2D eigenvalue weighted by Crippen LogP contribution is -2.20. The third kappa shape index (κ3) is 4.17. The fourth-order valence-corrected chi connectivity index (χ4v) is 2.54. The van der Waals surface area contributed by atoms with E-state index in [1.165, 1.54) is 0 Å². The summed E-state index contributed by atoms with van der Waals surface area (Å²) >= 11 is 0. The Balaban J connectivity index is 1.31. The minimum Gasteiger partial charge on any atom is -0.484 e. The first-order chi connectivity index (χ1) is 13.2. The van der Waals surface area contributed by atoms with E-state index in [2.05, 4.69) is 15.5 Å². The Morgan fingerprint density at radius 3 is 2.78 bits per heavy atom. The van der Waals surface area contributed by atoms with Gasteiger partial charge in [0.05, 0.1) is 6.42 Å². The topological polar surface area (TPSA) is 95.7 Å². The minimum absolute atomic E-state index is 0.0308. The van der Waals surface area contributed by atoms with Crippen molar-refractivity contribution >= 4 is 11.9 Å². The average molecular weight is 367 g/mol. The molecule has 8 nitrogen and oxygen atoms in total. The van der Waals surface area contributed by atoms with Gasteiger partial charge in [0.15, 0.2) is 18.1 Å². The molecule has 8 heteroatoms. The summed E-state index contributed by atoms with van der Waals surface area (Å²) in [7, 11) is 0. The van der Waals surface area contributed by atoms with E-state index in [0.717, 1.165) is 11.1 Å². The molecule has 0 radical (unpaired) electrons. The Hall–Kier alpha value is -3.55. The van der Waals surface area contributed by atoms with Crippen molar-refractivity contribution in [2.45, 2.75) is 13.3 Å². The van der Waals surface area contributed by atoms with Crippen molar-refractivity contribution in [1.82, 2.24) is 10.2 Å². The maximum Gasteiger partial charge on any atom is 0.322 e. The highest BCUT2D eigenvalue weighted by atomic mass is 16.7. The van der Waals surface area contributed by atoms with Gasteiger partial charge in [0.25, 0.3) is 5.91 Å². The van der Waals surface area contributed by atoms with Crippen LogP contribution in [-0.2, 0) is 11.2 Å². The van der Waals surface area contributed by atoms with Crippen LogP contribution in [0.15, 0.2) is 46.9 Å². The van der Waals surface area contributed by atoms with Crippen LogP contribution >= 0.6 is 0 Å². The fourth-order valence-electron chi connectivity index (χ4n) is 2.54. The molecule has 0 aliphatic carbocycles. The van der Waals surface area contributed by atoms with Crippen LogP contribution in [0.1, 0.15) is 17.0 Å². The zero-order valence-corrected chi connectivity index (χ0v) is 14.6. The van der Waals surface area contributed by atoms with Crippen molar-refractivity contribution in [3.63, 3.8) is 0 Å². The summed E-state index contributed by atoms with van der Waals surface area (Å²) in [5, 5.41) is 10.3. The maximum atomic E-state index is 12.0. The second-order valence-corrected chi connectivity index (χ2v) is 6.02. The van der Waals surface area contributed by atoms with Crippen LogP contribution in [0.3, 0.4) is 0 Å². The summed E-state index contributed by atoms with van der Waals surface area (Å²) in [4.78, 5) is 12.0. The first-order valence-electron chi connectivity index (χ1n) is 8.36. The molecule has 2 heterocycles. The number of nitrogens with zero attached hydrogens (tertiary/aromatic N) is 2. The Morgan fingerprint density at radius 2 is 1.93 bits per heavy atom. The smallest absolute Gasteiger partial charge is 0.322 e. The summed E-state index contributed by atoms with van der Waals surface area (Å²) in [5.41, 5.74) is 2.05. The van der Waals surface area contributed by atoms with Gasteiger partial charge in [-0.05, 0) is 36.8 Å². The first kappa shape index (κ1) is 16.9. The Kier molecular flexibility index (Phi) is 4.61. The lowest BCUT2D eigenvalue weighted by Gasteiger charge is -2.05. The molecular weight excluding hydrogens is 350 g/mol. The lowest BCUT2D eigenvalue weighted by atomic mass is 10.1. The molecule has 2 aromatic carbocycles. The number of hydrogen-bond donors (Lipinski definition) is 1. The summed E-state index contributed by atoms with van der Waals surface area (Å²) in [6, 6.07) is 13.0. The van der Waals surface area contributed by atoms with E-state index in [1.807, 2.05) is 37.3 Å². The van der Waals surface area contributed by atoms with E-state index in [9.17, 15) is 4.79 Å². The minimum atomic E-state index is -0.381. The number of carbonyl (C=O) groups is 1. The van der Waals surface area contributed by atoms with Crippen LogP contribution in [0, 0.1) is 6.92 Å². The molecule has 138 valence electrons. The molecule has 1 amide bonds. The number of aromatic nitrogens is 2. The average Bonchev–Trinajstić information content (AvgIpc) is 3.30. The summed E-state index contributed by atoms with van der Waals surface area (Å²) in [5.74, 6) is 2.02. The molecule has 1 aromatic heterocycles. The number of nitrogens with one attached hydrogen (secondary N) is 1. The molecule has 1 N–H and O–H groups in total. The number of fused-ring (bicyclic) bond motifs is 1. The van der Waals surface area contributed by atoms with Crippen molar-refractivity contribution in [2.24, 2.45) is 0 Å². The normalized spacial score (nSPS) is 12.0. The van der Waals surface area contributed by atoms with Crippen molar-refractivity contribution in [3.05, 3.63) is 59.5 Å². The molecule has 0 bridgehead atoms. The molecule has 0 saturated carbocycles. The third-order valence-corrected chi connectivity index (χ3v) is 3.90. The quantitative estimate of drug-likeness (QED) is 0.715. The van der Waals surface area contributed by atoms with Gasteiger partial charge < -0.3 is 18.6 Å². The summed E-state index contributed by atoms with van der Waals surface area (Å²) < 4.78 is 21.5. The Labute approximate surface area is 155 Å². The highest BCUT2D eigenvalue weighted by Crippen LogP contribution is 2.33. The van der Waals surface area contributed by atoms with Gasteiger partial charge in [-0.1, -0.05) is 28.9 Å². The second kappa shape index (κ2) is 7.36. The van der Waals surface area contributed by atoms with E-state index in [4.69, 9.17) is 18.6 Å². The van der Waals surface area contributed by atoms with Gasteiger partial charge in [-0.15, -0.1) is 5.10 Å². The van der Waals surface area contributed by atoms with Gasteiger partial charge in [0, 0.05) is 0 Å². The third-order valence-electron chi connectivity index (χ3n) is 3.90. The van der Waals surface area contributed by atoms with E-state index < -0.39 is 0 Å². The molecule has 3 aromatic rings. The zero-order chi connectivity index (χ0) is 18.6. The number of benzene rings is 2. The van der Waals surface area contributed by atoms with Crippen LogP contribution < -0.4 is 19.5 Å². The number of aryl methyl sites for hydroxylation is 1. The van der Waals surface area contributed by atoms with E-state index in [0.29, 0.717) is 29.6 Å². The van der Waals surface area contributed by atoms with Gasteiger partial charge in [-0.3, -0.25) is 10.1 Å². The van der Waals surface area contributed by atoms with Gasteiger partial charge in [0.2, 0.25) is 12.7 Å². The zero-order valence-electron chi connectivity index (χ0n) is 14.6. The molecule has 1 aliphatic heterocycles. The molecule has 0 fully saturated rings. The van der Waals surface area contributed by atoms with Crippen LogP contribution in [0.2, 0.25) is 0 Å². The largest absolute Gasteiger partial charge is 0.484 e. The number of carbonyl (C=O) groups excluding carboxylic acids is 1. The van der Waals surface area contributed by atoms with Crippen LogP contribution in [0.25, 0.3) is 0 Å². The Bertz CT molecular complexity index is 952. The van der Waals surface area contributed by atoms with Gasteiger partial charge in [0.1, 0.15) is 5.75 Å². The maximum absolute atomic E-state index is 12.0. The first-order valence-corrected chi connectivity index (χ1v) is 8.36. The fraction of sp³-hybridized carbons (Fsp3) is 0.211. The molecule has 0 spiro atoms. The molecule has 0 unspecified atom stereocenters. The Morgan fingerprint density at radius 1 is 1.11 bits per heavy atom. The van der Waals surface area contributed by atoms with E-state index in [1.54, 1.807) is 12.1 Å². The predicted molar refractivity (Wildman–Crippen MR) is 95.0 cm³/mol. The number of ether oxygens (including phenoxy) is 3. The van der Waals surface area contributed by atoms with Crippen LogP contribution in [0.4, 0.5) is 6.01 Å². The molecule has 0 atom stereocenters. The molecule has 0 saturated heterocycles. The van der Waals surface area contributed by atoms with Crippen LogP contribution in [0.5, 0.6) is 17.2 Å². The van der Waals surface area contributed by atoms with Crippen molar-refractivity contribution in [3.8, 4) is 17.2 Å². The molecule has 4 rings (SSSR count). The van der Waals surface area contributed by atoms with Crippen molar-refractivity contribution < 1.29 is 23.4 Å². The van der Waals surface area contributed by atoms with Crippen LogP contribution in [-0.4, -0.2) is 29.5 Å². The van der Waals surface area contributed by atoms with Gasteiger partial charge in [-0.25, -0.2) is 0 Å². The summed E-state index contributed by atoms with van der Waals surface area (Å²) in [6.07, 6.45) is 0.416. The van der Waals surface area contributed by atoms with E-state index in [-0.39, 0.29) is 25.3 Å². The molecule has 1 aliphatic rings. The summed E-state index contributed by atoms with van der Waals surface area (Å²) in [6.45, 7) is 2.05. The number of amides is 1. The highest BCUT2D eigenvalue weighted by molar-refractivity contribution is 5.89. The van der Waals surface area contributed by atoms with Gasteiger partial charge >= 0.3 is 6.01 Å². The predicted octanol–water partition coefficient (Wildman–Crippen LogP) is 2.72. The van der Waals surface area contributed by atoms with Gasteiger partial charge in [-0.2, -0.15) is 0 Å². The van der Waals surface area contributed by atoms with Crippen molar-refractivity contribution in [1.29, 1.82) is 0 Å². The second-order valence-electron chi connectivity index (χ2n) is 6.02.